The Labute approximate surface area is 159 Å². The Morgan fingerprint density at radius 2 is 1.81 bits per heavy atom. The van der Waals surface area contributed by atoms with E-state index in [1.807, 2.05) is 0 Å². The van der Waals surface area contributed by atoms with E-state index in [0.717, 1.165) is 0 Å². The number of nitrogens with zero attached hydrogens (tertiary/aromatic N) is 2. The number of nitrogens with one attached hydrogen (secondary N) is 1. The summed E-state index contributed by atoms with van der Waals surface area (Å²) in [4.78, 5) is 12.2. The Hall–Kier alpha value is -2.42. The van der Waals surface area contributed by atoms with Crippen molar-refractivity contribution in [1.82, 2.24) is 15.1 Å². The van der Waals surface area contributed by atoms with Gasteiger partial charge in [-0.1, -0.05) is 11.6 Å². The molecule has 0 bridgehead atoms. The Morgan fingerprint density at radius 1 is 1.22 bits per heavy atom. The second-order valence-corrected chi connectivity index (χ2v) is 6.06. The molecule has 1 aromatic heterocycles. The molecule has 0 unspecified atom stereocenters. The molecule has 0 saturated carbocycles. The first kappa shape index (κ1) is 20.9. The molecule has 10 heteroatoms. The molecule has 0 aliphatic carbocycles. The van der Waals surface area contributed by atoms with Gasteiger partial charge in [0.1, 0.15) is 11.5 Å². The topological polar surface area (TPSA) is 65.4 Å². The van der Waals surface area contributed by atoms with Gasteiger partial charge < -0.3 is 14.8 Å². The summed E-state index contributed by atoms with van der Waals surface area (Å²) in [5.74, 6) is 0.598. The molecular formula is C17H19ClF3N3O3. The van der Waals surface area contributed by atoms with E-state index in [0.29, 0.717) is 23.5 Å². The van der Waals surface area contributed by atoms with Crippen molar-refractivity contribution in [3.05, 3.63) is 40.2 Å². The van der Waals surface area contributed by atoms with E-state index in [4.69, 9.17) is 21.1 Å². The summed E-state index contributed by atoms with van der Waals surface area (Å²) in [5, 5.41) is 5.80. The van der Waals surface area contributed by atoms with Crippen molar-refractivity contribution >= 4 is 17.5 Å². The first-order valence-electron chi connectivity index (χ1n) is 7.98. The van der Waals surface area contributed by atoms with E-state index < -0.39 is 16.9 Å². The molecule has 27 heavy (non-hydrogen) atoms. The average molecular weight is 406 g/mol. The minimum atomic E-state index is -4.60. The number of hydrogen-bond acceptors (Lipinski definition) is 4. The van der Waals surface area contributed by atoms with Crippen LogP contribution in [0.2, 0.25) is 5.02 Å². The van der Waals surface area contributed by atoms with Crippen molar-refractivity contribution in [2.45, 2.75) is 26.1 Å². The molecule has 0 radical (unpaired) electrons. The molecule has 148 valence electrons. The predicted molar refractivity (Wildman–Crippen MR) is 93.5 cm³/mol. The molecule has 1 N–H and O–H groups in total. The second kappa shape index (κ2) is 8.51. The van der Waals surface area contributed by atoms with E-state index in [9.17, 15) is 18.0 Å². The molecule has 0 aliphatic rings. The number of carbonyl (C=O) groups excluding carboxylic acids is 1. The highest BCUT2D eigenvalue weighted by atomic mass is 35.5. The molecule has 2 rings (SSSR count). The van der Waals surface area contributed by atoms with Gasteiger partial charge in [-0.05, 0) is 25.5 Å². The number of carbonyl (C=O) groups is 1. The number of ether oxygens (including phenoxy) is 2. The van der Waals surface area contributed by atoms with Gasteiger partial charge in [0.15, 0.2) is 5.69 Å². The van der Waals surface area contributed by atoms with Crippen molar-refractivity contribution < 1.29 is 27.4 Å². The Bertz CT molecular complexity index is 799. The van der Waals surface area contributed by atoms with Crippen LogP contribution in [0.4, 0.5) is 13.2 Å². The Morgan fingerprint density at radius 3 is 2.30 bits per heavy atom. The summed E-state index contributed by atoms with van der Waals surface area (Å²) < 4.78 is 49.8. The van der Waals surface area contributed by atoms with Crippen LogP contribution in [0.25, 0.3) is 0 Å². The number of methoxy groups -OCH3 is 2. The van der Waals surface area contributed by atoms with Crippen LogP contribution < -0.4 is 14.8 Å². The third kappa shape index (κ3) is 5.06. The lowest BCUT2D eigenvalue weighted by atomic mass is 10.2. The van der Waals surface area contributed by atoms with E-state index in [1.165, 1.54) is 25.8 Å². The lowest BCUT2D eigenvalue weighted by Crippen LogP contribution is -2.25. The molecule has 2 aromatic rings. The van der Waals surface area contributed by atoms with Crippen molar-refractivity contribution in [3.8, 4) is 11.5 Å². The van der Waals surface area contributed by atoms with Crippen LogP contribution >= 0.6 is 11.6 Å². The molecule has 0 aliphatic heterocycles. The van der Waals surface area contributed by atoms with Crippen molar-refractivity contribution in [1.29, 1.82) is 0 Å². The van der Waals surface area contributed by atoms with Gasteiger partial charge in [-0.15, -0.1) is 0 Å². The highest BCUT2D eigenvalue weighted by molar-refractivity contribution is 6.31. The molecule has 0 spiro atoms. The van der Waals surface area contributed by atoms with Crippen LogP contribution in [-0.4, -0.2) is 36.5 Å². The molecule has 6 nitrogen and oxygen atoms in total. The van der Waals surface area contributed by atoms with Gasteiger partial charge in [-0.25, -0.2) is 0 Å². The molecule has 0 saturated heterocycles. The van der Waals surface area contributed by atoms with Crippen LogP contribution in [0.15, 0.2) is 18.2 Å². The number of hydrogen-bond donors (Lipinski definition) is 1. The Balaban J connectivity index is 1.95. The van der Waals surface area contributed by atoms with Gasteiger partial charge in [0.25, 0.3) is 5.91 Å². The fourth-order valence-corrected chi connectivity index (χ4v) is 2.64. The normalized spacial score (nSPS) is 11.4. The average Bonchev–Trinajstić information content (AvgIpc) is 2.93. The maximum atomic E-state index is 12.8. The van der Waals surface area contributed by atoms with Crippen LogP contribution in [0, 0.1) is 6.92 Å². The minimum Gasteiger partial charge on any atom is -0.497 e. The second-order valence-electron chi connectivity index (χ2n) is 5.68. The smallest absolute Gasteiger partial charge is 0.436 e. The zero-order valence-corrected chi connectivity index (χ0v) is 15.7. The third-order valence-corrected chi connectivity index (χ3v) is 4.30. The van der Waals surface area contributed by atoms with Crippen molar-refractivity contribution in [2.24, 2.45) is 0 Å². The van der Waals surface area contributed by atoms with Gasteiger partial charge in [-0.3, -0.25) is 9.48 Å². The Kier molecular flexibility index (Phi) is 6.59. The van der Waals surface area contributed by atoms with Gasteiger partial charge >= 0.3 is 6.18 Å². The third-order valence-electron chi connectivity index (χ3n) is 3.85. The largest absolute Gasteiger partial charge is 0.497 e. The predicted octanol–water partition coefficient (Wildman–Crippen LogP) is 3.70. The summed E-state index contributed by atoms with van der Waals surface area (Å²) in [7, 11) is 2.95. The van der Waals surface area contributed by atoms with E-state index in [2.05, 4.69) is 10.4 Å². The number of alkyl halides is 3. The van der Waals surface area contributed by atoms with Crippen LogP contribution in [-0.2, 0) is 12.7 Å². The number of rotatable bonds is 7. The highest BCUT2D eigenvalue weighted by Crippen LogP contribution is 2.35. The quantitative estimate of drug-likeness (QED) is 0.713. The number of amides is 1. The monoisotopic (exact) mass is 405 g/mol. The maximum absolute atomic E-state index is 12.8. The summed E-state index contributed by atoms with van der Waals surface area (Å²) in [6, 6.07) is 4.76. The minimum absolute atomic E-state index is 0.184. The van der Waals surface area contributed by atoms with E-state index >= 15 is 0 Å². The summed E-state index contributed by atoms with van der Waals surface area (Å²) in [5.41, 5.74) is -0.522. The van der Waals surface area contributed by atoms with Gasteiger partial charge in [0, 0.05) is 24.7 Å². The SMILES string of the molecule is COc1cc(OC)cc(C(=O)NCCCn2nc(C(F)(F)F)c(Cl)c2C)c1. The first-order valence-corrected chi connectivity index (χ1v) is 8.36. The fourth-order valence-electron chi connectivity index (χ4n) is 2.39. The standard InChI is InChI=1S/C17H19ClF3N3O3/c1-10-14(18)15(17(19,20)21)23-24(10)6-4-5-22-16(25)11-7-12(26-2)9-13(8-11)27-3/h7-9H,4-6H2,1-3H3,(H,22,25). The summed E-state index contributed by atoms with van der Waals surface area (Å²) >= 11 is 5.70. The van der Waals surface area contributed by atoms with E-state index in [1.54, 1.807) is 18.2 Å². The van der Waals surface area contributed by atoms with Crippen molar-refractivity contribution in [2.75, 3.05) is 20.8 Å². The summed E-state index contributed by atoms with van der Waals surface area (Å²) in [6.07, 6.45) is -4.23. The molecule has 0 atom stereocenters. The zero-order valence-electron chi connectivity index (χ0n) is 15.0. The molecule has 1 aromatic carbocycles. The maximum Gasteiger partial charge on any atom is 0.436 e. The summed E-state index contributed by atoms with van der Waals surface area (Å²) in [6.45, 7) is 1.89. The van der Waals surface area contributed by atoms with E-state index in [-0.39, 0.29) is 24.7 Å². The van der Waals surface area contributed by atoms with Crippen LogP contribution in [0.3, 0.4) is 0 Å². The molecule has 0 fully saturated rings. The lowest BCUT2D eigenvalue weighted by molar-refractivity contribution is -0.141. The van der Waals surface area contributed by atoms with Gasteiger partial charge in [-0.2, -0.15) is 18.3 Å². The first-order chi connectivity index (χ1) is 12.7. The zero-order chi connectivity index (χ0) is 20.2. The van der Waals surface area contributed by atoms with Gasteiger partial charge in [0.05, 0.1) is 24.9 Å². The highest BCUT2D eigenvalue weighted by Gasteiger charge is 2.38. The number of benzene rings is 1. The van der Waals surface area contributed by atoms with Crippen molar-refractivity contribution in [3.63, 3.8) is 0 Å². The van der Waals surface area contributed by atoms with Crippen LogP contribution in [0.1, 0.15) is 28.2 Å². The number of aromatic nitrogens is 2. The van der Waals surface area contributed by atoms with Crippen LogP contribution in [0.5, 0.6) is 11.5 Å². The lowest BCUT2D eigenvalue weighted by Gasteiger charge is -2.10. The number of halogens is 4. The van der Waals surface area contributed by atoms with Gasteiger partial charge in [0.2, 0.25) is 0 Å². The number of aryl methyl sites for hydroxylation is 1. The molecule has 1 heterocycles. The molecular weight excluding hydrogens is 387 g/mol. The molecule has 1 amide bonds. The fraction of sp³-hybridized carbons (Fsp3) is 0.412.